The molecule has 3 nitrogen and oxygen atoms in total. The second-order valence-electron chi connectivity index (χ2n) is 3.67. The van der Waals surface area contributed by atoms with Gasteiger partial charge in [-0.15, -0.1) is 0 Å². The molecule has 106 valence electrons. The van der Waals surface area contributed by atoms with Crippen LogP contribution in [0.3, 0.4) is 0 Å². The van der Waals surface area contributed by atoms with Gasteiger partial charge < -0.3 is 11.1 Å². The normalized spacial score (nSPS) is 10.7. The summed E-state index contributed by atoms with van der Waals surface area (Å²) < 4.78 is 52.7. The summed E-state index contributed by atoms with van der Waals surface area (Å²) in [4.78, 5) is 2.43. The van der Waals surface area contributed by atoms with Crippen molar-refractivity contribution in [3.05, 3.63) is 45.7 Å². The van der Waals surface area contributed by atoms with Crippen LogP contribution in [0.4, 0.5) is 34.6 Å². The lowest BCUT2D eigenvalue weighted by molar-refractivity contribution is 0.411. The number of nitrogens with zero attached hydrogens (tertiary/aromatic N) is 1. The van der Waals surface area contributed by atoms with Crippen molar-refractivity contribution >= 4 is 40.3 Å². The van der Waals surface area contributed by atoms with Crippen LogP contribution < -0.4 is 11.1 Å². The predicted octanol–water partition coefficient (Wildman–Crippen LogP) is 4.27. The van der Waals surface area contributed by atoms with E-state index in [0.29, 0.717) is 0 Å². The maximum Gasteiger partial charge on any atom is 0.253 e. The first kappa shape index (κ1) is 14.7. The highest BCUT2D eigenvalue weighted by Gasteiger charge is 2.21. The van der Waals surface area contributed by atoms with Crippen LogP contribution in [0.2, 0.25) is 10.0 Å². The van der Waals surface area contributed by atoms with E-state index in [0.717, 1.165) is 0 Å². The van der Waals surface area contributed by atoms with Crippen molar-refractivity contribution in [2.24, 2.45) is 0 Å². The van der Waals surface area contributed by atoms with Crippen molar-refractivity contribution in [1.29, 1.82) is 0 Å². The first-order valence-corrected chi connectivity index (χ1v) is 5.78. The molecule has 2 aromatic rings. The smallest absolute Gasteiger partial charge is 0.253 e. The number of nitrogens with one attached hydrogen (secondary N) is 1. The van der Waals surface area contributed by atoms with Crippen LogP contribution in [0.15, 0.2) is 12.1 Å². The van der Waals surface area contributed by atoms with E-state index in [1.54, 1.807) is 0 Å². The largest absolute Gasteiger partial charge is 0.396 e. The van der Waals surface area contributed by atoms with Gasteiger partial charge in [0.1, 0.15) is 5.69 Å². The van der Waals surface area contributed by atoms with Crippen LogP contribution in [0.5, 0.6) is 0 Å². The zero-order chi connectivity index (χ0) is 15.0. The van der Waals surface area contributed by atoms with Crippen LogP contribution in [-0.4, -0.2) is 4.98 Å². The van der Waals surface area contributed by atoms with Gasteiger partial charge in [0.2, 0.25) is 11.6 Å². The van der Waals surface area contributed by atoms with Crippen molar-refractivity contribution in [3.8, 4) is 0 Å². The average Bonchev–Trinajstić information content (AvgIpc) is 2.38. The molecule has 0 bridgehead atoms. The van der Waals surface area contributed by atoms with E-state index >= 15 is 0 Å². The molecular weight excluding hydrogens is 321 g/mol. The minimum absolute atomic E-state index is 0.00278. The molecule has 0 saturated carbocycles. The molecule has 0 spiro atoms. The molecule has 0 unspecified atom stereocenters. The van der Waals surface area contributed by atoms with Crippen molar-refractivity contribution in [2.75, 3.05) is 11.1 Å². The number of aromatic nitrogens is 1. The fourth-order valence-corrected chi connectivity index (χ4v) is 1.88. The fourth-order valence-electron chi connectivity index (χ4n) is 1.40. The Morgan fingerprint density at radius 1 is 0.950 bits per heavy atom. The van der Waals surface area contributed by atoms with Crippen molar-refractivity contribution in [1.82, 2.24) is 4.98 Å². The van der Waals surface area contributed by atoms with Gasteiger partial charge in [0, 0.05) is 5.69 Å². The van der Waals surface area contributed by atoms with Crippen LogP contribution in [0.1, 0.15) is 0 Å². The van der Waals surface area contributed by atoms with Crippen molar-refractivity contribution in [2.45, 2.75) is 0 Å². The Hall–Kier alpha value is -1.73. The highest BCUT2D eigenvalue weighted by atomic mass is 35.5. The molecule has 2 rings (SSSR count). The number of pyridine rings is 1. The zero-order valence-corrected chi connectivity index (χ0v) is 11.0. The first-order valence-electron chi connectivity index (χ1n) is 5.02. The summed E-state index contributed by atoms with van der Waals surface area (Å²) in [5, 5.41) is 2.16. The van der Waals surface area contributed by atoms with Gasteiger partial charge in [-0.3, -0.25) is 0 Å². The Kier molecular flexibility index (Phi) is 3.92. The van der Waals surface area contributed by atoms with E-state index in [1.165, 1.54) is 12.1 Å². The lowest BCUT2D eigenvalue weighted by Crippen LogP contribution is -2.06. The lowest BCUT2D eigenvalue weighted by Gasteiger charge is -2.11. The Labute approximate surface area is 120 Å². The topological polar surface area (TPSA) is 50.9 Å². The summed E-state index contributed by atoms with van der Waals surface area (Å²) in [6, 6.07) is 2.38. The van der Waals surface area contributed by atoms with Gasteiger partial charge in [-0.05, 0) is 12.1 Å². The Balaban J connectivity index is 2.50. The van der Waals surface area contributed by atoms with E-state index < -0.39 is 29.2 Å². The average molecular weight is 326 g/mol. The summed E-state index contributed by atoms with van der Waals surface area (Å²) >= 11 is 11.5. The molecule has 9 heteroatoms. The van der Waals surface area contributed by atoms with Crippen LogP contribution >= 0.6 is 23.2 Å². The van der Waals surface area contributed by atoms with E-state index in [4.69, 9.17) is 28.9 Å². The molecule has 1 heterocycles. The molecule has 3 N–H and O–H groups in total. The molecule has 0 aliphatic rings. The minimum Gasteiger partial charge on any atom is -0.396 e. The number of benzene rings is 1. The molecule has 0 amide bonds. The molecule has 0 aliphatic carbocycles. The molecule has 1 aromatic heterocycles. The molecule has 0 radical (unpaired) electrons. The highest BCUT2D eigenvalue weighted by molar-refractivity contribution is 6.39. The lowest BCUT2D eigenvalue weighted by atomic mass is 10.2. The predicted molar refractivity (Wildman–Crippen MR) is 68.2 cm³/mol. The molecule has 0 saturated heterocycles. The molecule has 1 aromatic carbocycles. The number of halogens is 6. The zero-order valence-electron chi connectivity index (χ0n) is 9.45. The second kappa shape index (κ2) is 5.34. The van der Waals surface area contributed by atoms with Gasteiger partial charge in [0.15, 0.2) is 0 Å². The number of rotatable bonds is 2. The Bertz CT molecular complexity index is 645. The number of nitrogens with two attached hydrogens (primary N) is 1. The highest BCUT2D eigenvalue weighted by Crippen LogP contribution is 2.33. The van der Waals surface area contributed by atoms with Crippen LogP contribution in [-0.2, 0) is 0 Å². The molecule has 0 atom stereocenters. The van der Waals surface area contributed by atoms with Gasteiger partial charge >= 0.3 is 0 Å². The van der Waals surface area contributed by atoms with Gasteiger partial charge in [0.25, 0.3) is 11.9 Å². The quantitative estimate of drug-likeness (QED) is 0.492. The van der Waals surface area contributed by atoms with Gasteiger partial charge in [-0.1, -0.05) is 23.2 Å². The Morgan fingerprint density at radius 2 is 1.40 bits per heavy atom. The van der Waals surface area contributed by atoms with Crippen molar-refractivity contribution in [3.63, 3.8) is 0 Å². The summed E-state index contributed by atoms with van der Waals surface area (Å²) in [6.07, 6.45) is 0. The summed E-state index contributed by atoms with van der Waals surface area (Å²) in [5.41, 5.74) is 4.49. The van der Waals surface area contributed by atoms with Gasteiger partial charge in [-0.25, -0.2) is 0 Å². The maximum absolute atomic E-state index is 13.4. The van der Waals surface area contributed by atoms with E-state index in [2.05, 4.69) is 10.3 Å². The monoisotopic (exact) mass is 325 g/mol. The number of nitrogen functional groups attached to an aromatic ring is 1. The van der Waals surface area contributed by atoms with Gasteiger partial charge in [0.05, 0.1) is 15.7 Å². The third kappa shape index (κ3) is 2.59. The summed E-state index contributed by atoms with van der Waals surface area (Å²) in [6.45, 7) is 0. The van der Waals surface area contributed by atoms with E-state index in [-0.39, 0.29) is 21.4 Å². The van der Waals surface area contributed by atoms with Crippen LogP contribution in [0, 0.1) is 23.5 Å². The molecule has 0 aliphatic heterocycles. The molecule has 0 fully saturated rings. The Morgan fingerprint density at radius 3 is 1.85 bits per heavy atom. The van der Waals surface area contributed by atoms with Crippen LogP contribution in [0.25, 0.3) is 0 Å². The van der Waals surface area contributed by atoms with E-state index in [9.17, 15) is 17.6 Å². The summed E-state index contributed by atoms with van der Waals surface area (Å²) in [7, 11) is 0. The number of hydrogen-bond donors (Lipinski definition) is 2. The fraction of sp³-hybridized carbons (Fsp3) is 0. The molecular formula is C11H5Cl2F4N3. The molecule has 20 heavy (non-hydrogen) atoms. The van der Waals surface area contributed by atoms with E-state index in [1.807, 2.05) is 0 Å². The third-order valence-corrected chi connectivity index (χ3v) is 2.97. The van der Waals surface area contributed by atoms with Crippen molar-refractivity contribution < 1.29 is 17.6 Å². The SMILES string of the molecule is Nc1c(Cl)cc(Nc2c(F)c(F)nc(F)c2F)cc1Cl. The first-order chi connectivity index (χ1) is 9.31. The summed E-state index contributed by atoms with van der Waals surface area (Å²) in [5.74, 6) is -6.90. The van der Waals surface area contributed by atoms with Gasteiger partial charge in [-0.2, -0.15) is 22.5 Å². The number of anilines is 3. The minimum atomic E-state index is -1.78. The third-order valence-electron chi connectivity index (χ3n) is 2.35. The second-order valence-corrected chi connectivity index (χ2v) is 4.49. The maximum atomic E-state index is 13.4. The standard InChI is InChI=1S/C11H5Cl2F4N3/c12-4-1-3(2-5(13)8(4)18)19-9-6(14)10(16)20-11(17)7(9)15/h1-2H,18H2,(H,19,20). The number of hydrogen-bond acceptors (Lipinski definition) is 3.